The van der Waals surface area contributed by atoms with E-state index in [1.807, 2.05) is 0 Å². The Bertz CT molecular complexity index is 482. The molecule has 1 saturated carbocycles. The van der Waals surface area contributed by atoms with E-state index in [2.05, 4.69) is 44.3 Å². The standard InChI is InChI=1S/C18H27NO/c1-17(2)8-10-18(3,11-9-17)20-15-7-6-14-5-4-12-19-16(14)13-15/h6-7,13,19H,4-5,8-12H2,1-3H3. The fraction of sp³-hybridized carbons (Fsp3) is 0.667. The maximum absolute atomic E-state index is 6.36. The highest BCUT2D eigenvalue weighted by molar-refractivity contribution is 5.56. The molecule has 2 nitrogen and oxygen atoms in total. The van der Waals surface area contributed by atoms with Crippen molar-refractivity contribution < 1.29 is 4.74 Å². The Kier molecular flexibility index (Phi) is 3.43. The smallest absolute Gasteiger partial charge is 0.122 e. The van der Waals surface area contributed by atoms with Gasteiger partial charge in [-0.3, -0.25) is 0 Å². The van der Waals surface area contributed by atoms with Crippen LogP contribution in [0.25, 0.3) is 0 Å². The van der Waals surface area contributed by atoms with Crippen molar-refractivity contribution >= 4 is 5.69 Å². The van der Waals surface area contributed by atoms with Gasteiger partial charge < -0.3 is 10.1 Å². The lowest BCUT2D eigenvalue weighted by Crippen LogP contribution is -2.39. The van der Waals surface area contributed by atoms with Gasteiger partial charge >= 0.3 is 0 Å². The SMILES string of the molecule is CC1(C)CCC(C)(Oc2ccc3c(c2)NCCC3)CC1. The van der Waals surface area contributed by atoms with Crippen LogP contribution in [0.15, 0.2) is 18.2 Å². The molecule has 1 aliphatic heterocycles. The normalized spacial score (nSPS) is 23.6. The molecular formula is C18H27NO. The Labute approximate surface area is 122 Å². The van der Waals surface area contributed by atoms with Crippen molar-refractivity contribution in [2.45, 2.75) is 64.9 Å². The second-order valence-corrected chi connectivity index (χ2v) is 7.57. The first-order valence-corrected chi connectivity index (χ1v) is 8.02. The maximum Gasteiger partial charge on any atom is 0.122 e. The zero-order chi connectivity index (χ0) is 14.2. The van der Waals surface area contributed by atoms with Crippen LogP contribution in [0.2, 0.25) is 0 Å². The topological polar surface area (TPSA) is 21.3 Å². The predicted molar refractivity (Wildman–Crippen MR) is 84.5 cm³/mol. The van der Waals surface area contributed by atoms with Crippen LogP contribution in [0.1, 0.15) is 58.4 Å². The van der Waals surface area contributed by atoms with Gasteiger partial charge in [-0.1, -0.05) is 19.9 Å². The minimum Gasteiger partial charge on any atom is -0.488 e. The summed E-state index contributed by atoms with van der Waals surface area (Å²) in [6, 6.07) is 6.57. The summed E-state index contributed by atoms with van der Waals surface area (Å²) in [5, 5.41) is 3.49. The lowest BCUT2D eigenvalue weighted by atomic mass is 9.71. The Balaban J connectivity index is 1.71. The molecule has 0 aromatic heterocycles. The molecule has 1 aromatic rings. The predicted octanol–water partition coefficient (Wildman–Crippen LogP) is 4.78. The highest BCUT2D eigenvalue weighted by Crippen LogP contribution is 2.42. The van der Waals surface area contributed by atoms with E-state index in [9.17, 15) is 0 Å². The molecule has 0 radical (unpaired) electrons. The van der Waals surface area contributed by atoms with Gasteiger partial charge in [0.1, 0.15) is 11.4 Å². The van der Waals surface area contributed by atoms with Crippen LogP contribution in [0.4, 0.5) is 5.69 Å². The first kappa shape index (κ1) is 13.8. The van der Waals surface area contributed by atoms with Crippen LogP contribution in [-0.2, 0) is 6.42 Å². The minimum absolute atomic E-state index is 0.0123. The number of anilines is 1. The van der Waals surface area contributed by atoms with Crippen molar-refractivity contribution in [3.8, 4) is 5.75 Å². The van der Waals surface area contributed by atoms with E-state index >= 15 is 0 Å². The first-order chi connectivity index (χ1) is 9.46. The summed E-state index contributed by atoms with van der Waals surface area (Å²) in [4.78, 5) is 0. The maximum atomic E-state index is 6.36. The third-order valence-corrected chi connectivity index (χ3v) is 5.05. The van der Waals surface area contributed by atoms with E-state index in [1.54, 1.807) is 0 Å². The molecule has 0 bridgehead atoms. The average Bonchev–Trinajstić information content (AvgIpc) is 2.43. The third kappa shape index (κ3) is 2.94. The lowest BCUT2D eigenvalue weighted by molar-refractivity contribution is 0.0125. The number of ether oxygens (including phenoxy) is 1. The number of fused-ring (bicyclic) bond motifs is 1. The van der Waals surface area contributed by atoms with Crippen LogP contribution in [0.3, 0.4) is 0 Å². The van der Waals surface area contributed by atoms with E-state index in [4.69, 9.17) is 4.74 Å². The van der Waals surface area contributed by atoms with Crippen molar-refractivity contribution in [2.75, 3.05) is 11.9 Å². The number of aryl methyl sites for hydroxylation is 1. The Morgan fingerprint density at radius 1 is 1.05 bits per heavy atom. The van der Waals surface area contributed by atoms with Gasteiger partial charge in [-0.2, -0.15) is 0 Å². The van der Waals surface area contributed by atoms with Crippen molar-refractivity contribution in [3.63, 3.8) is 0 Å². The van der Waals surface area contributed by atoms with E-state index < -0.39 is 0 Å². The van der Waals surface area contributed by atoms with Crippen molar-refractivity contribution in [2.24, 2.45) is 5.41 Å². The van der Waals surface area contributed by atoms with Gasteiger partial charge in [-0.25, -0.2) is 0 Å². The molecule has 1 aromatic carbocycles. The molecule has 2 heteroatoms. The highest BCUT2D eigenvalue weighted by Gasteiger charge is 2.36. The molecule has 0 spiro atoms. The number of hydrogen-bond acceptors (Lipinski definition) is 2. The van der Waals surface area contributed by atoms with Crippen LogP contribution < -0.4 is 10.1 Å². The summed E-state index contributed by atoms with van der Waals surface area (Å²) in [5.41, 5.74) is 3.20. The molecule has 0 amide bonds. The van der Waals surface area contributed by atoms with E-state index in [0.29, 0.717) is 5.41 Å². The Morgan fingerprint density at radius 3 is 2.55 bits per heavy atom. The van der Waals surface area contributed by atoms with Gasteiger partial charge in [0.05, 0.1) is 0 Å². The van der Waals surface area contributed by atoms with Gasteiger partial charge in [0.2, 0.25) is 0 Å². The molecule has 0 unspecified atom stereocenters. The van der Waals surface area contributed by atoms with Crippen molar-refractivity contribution in [3.05, 3.63) is 23.8 Å². The van der Waals surface area contributed by atoms with E-state index in [0.717, 1.165) is 25.1 Å². The summed E-state index contributed by atoms with van der Waals surface area (Å²) in [6.45, 7) is 8.10. The van der Waals surface area contributed by atoms with Gasteiger partial charge in [-0.15, -0.1) is 0 Å². The summed E-state index contributed by atoms with van der Waals surface area (Å²) >= 11 is 0. The lowest BCUT2D eigenvalue weighted by Gasteiger charge is -2.41. The second kappa shape index (κ2) is 4.98. The van der Waals surface area contributed by atoms with Crippen LogP contribution in [0.5, 0.6) is 5.75 Å². The quantitative estimate of drug-likeness (QED) is 0.837. The number of nitrogens with one attached hydrogen (secondary N) is 1. The third-order valence-electron chi connectivity index (χ3n) is 5.05. The monoisotopic (exact) mass is 273 g/mol. The molecule has 2 aliphatic rings. The highest BCUT2D eigenvalue weighted by atomic mass is 16.5. The summed E-state index contributed by atoms with van der Waals surface area (Å²) in [7, 11) is 0. The zero-order valence-electron chi connectivity index (χ0n) is 13.1. The molecule has 110 valence electrons. The Morgan fingerprint density at radius 2 is 1.80 bits per heavy atom. The summed E-state index contributed by atoms with van der Waals surface area (Å²) < 4.78 is 6.36. The number of hydrogen-bond donors (Lipinski definition) is 1. The molecule has 1 heterocycles. The van der Waals surface area contributed by atoms with Crippen LogP contribution in [-0.4, -0.2) is 12.1 Å². The van der Waals surface area contributed by atoms with E-state index in [-0.39, 0.29) is 5.60 Å². The number of benzene rings is 1. The van der Waals surface area contributed by atoms with Gasteiger partial charge in [0, 0.05) is 18.3 Å². The largest absolute Gasteiger partial charge is 0.488 e. The fourth-order valence-corrected chi connectivity index (χ4v) is 3.35. The molecule has 20 heavy (non-hydrogen) atoms. The second-order valence-electron chi connectivity index (χ2n) is 7.57. The zero-order valence-corrected chi connectivity index (χ0v) is 13.1. The summed E-state index contributed by atoms with van der Waals surface area (Å²) in [6.07, 6.45) is 7.25. The average molecular weight is 273 g/mol. The minimum atomic E-state index is 0.0123. The first-order valence-electron chi connectivity index (χ1n) is 8.02. The van der Waals surface area contributed by atoms with Crippen LogP contribution in [0, 0.1) is 5.41 Å². The summed E-state index contributed by atoms with van der Waals surface area (Å²) in [5.74, 6) is 1.03. The molecule has 0 saturated heterocycles. The number of rotatable bonds is 2. The van der Waals surface area contributed by atoms with E-state index in [1.165, 1.54) is 36.9 Å². The van der Waals surface area contributed by atoms with Gasteiger partial charge in [-0.05, 0) is 62.5 Å². The molecule has 1 N–H and O–H groups in total. The van der Waals surface area contributed by atoms with Gasteiger partial charge in [0.25, 0.3) is 0 Å². The fourth-order valence-electron chi connectivity index (χ4n) is 3.35. The molecular weight excluding hydrogens is 246 g/mol. The van der Waals surface area contributed by atoms with Crippen molar-refractivity contribution in [1.82, 2.24) is 0 Å². The van der Waals surface area contributed by atoms with Crippen LogP contribution >= 0.6 is 0 Å². The Hall–Kier alpha value is -1.18. The van der Waals surface area contributed by atoms with Gasteiger partial charge in [0.15, 0.2) is 0 Å². The van der Waals surface area contributed by atoms with Crippen molar-refractivity contribution in [1.29, 1.82) is 0 Å². The molecule has 0 atom stereocenters. The molecule has 1 fully saturated rings. The molecule has 3 rings (SSSR count). The molecule has 1 aliphatic carbocycles.